The van der Waals surface area contributed by atoms with Gasteiger partial charge < -0.3 is 10.6 Å². The van der Waals surface area contributed by atoms with Gasteiger partial charge in [-0.05, 0) is 100 Å². The molecule has 5 rings (SSSR count). The first-order chi connectivity index (χ1) is 17.9. The number of likely N-dealkylation sites (tertiary alicyclic amines) is 1. The molecule has 1 fully saturated rings. The molecule has 0 radical (unpaired) electrons. The Hall–Kier alpha value is -3.78. The largest absolute Gasteiger partial charge is 0.362 e. The Labute approximate surface area is 218 Å². The van der Waals surface area contributed by atoms with Gasteiger partial charge in [0.1, 0.15) is 11.3 Å². The van der Waals surface area contributed by atoms with Crippen LogP contribution in [0.3, 0.4) is 0 Å². The number of carbonyl (C=O) groups is 1. The van der Waals surface area contributed by atoms with E-state index in [-0.39, 0.29) is 11.9 Å². The minimum atomic E-state index is -0.103. The number of aryl methyl sites for hydroxylation is 3. The minimum Gasteiger partial charge on any atom is -0.362 e. The van der Waals surface area contributed by atoms with E-state index in [2.05, 4.69) is 57.4 Å². The molecule has 3 heterocycles. The molecule has 0 bridgehead atoms. The maximum absolute atomic E-state index is 13.1. The standard InChI is InChI=1S/C29H35N7O/c1-5-36-18-26-28(34-36)33-27(16-30-26)31-21(4)25-15-24(11-8-19(25)2)32-29(37)22-9-10-23(20(3)14-22)17-35-12-6-7-13-35/h8-11,14-16,18,21H,5-7,12-13,17H2,1-4H3,(H,32,37)(H,31,33,34)/t21-/m0/s1. The molecule has 1 aliphatic heterocycles. The van der Waals surface area contributed by atoms with Gasteiger partial charge in [-0.25, -0.2) is 9.97 Å². The summed E-state index contributed by atoms with van der Waals surface area (Å²) in [5.74, 6) is 0.564. The summed E-state index contributed by atoms with van der Waals surface area (Å²) in [6.45, 7) is 12.3. The van der Waals surface area contributed by atoms with Crippen LogP contribution in [-0.2, 0) is 13.1 Å². The van der Waals surface area contributed by atoms with Crippen LogP contribution in [0.15, 0.2) is 48.8 Å². The molecule has 1 saturated heterocycles. The van der Waals surface area contributed by atoms with E-state index in [4.69, 9.17) is 0 Å². The van der Waals surface area contributed by atoms with Gasteiger partial charge in [-0.3, -0.25) is 14.4 Å². The van der Waals surface area contributed by atoms with Crippen molar-refractivity contribution in [1.82, 2.24) is 24.6 Å². The molecule has 8 heteroatoms. The van der Waals surface area contributed by atoms with E-state index >= 15 is 0 Å². The molecule has 37 heavy (non-hydrogen) atoms. The summed E-state index contributed by atoms with van der Waals surface area (Å²) < 4.78 is 1.83. The van der Waals surface area contributed by atoms with Crippen LogP contribution in [0.2, 0.25) is 0 Å². The average Bonchev–Trinajstić information content (AvgIpc) is 3.55. The number of nitrogens with one attached hydrogen (secondary N) is 2. The van der Waals surface area contributed by atoms with Gasteiger partial charge >= 0.3 is 0 Å². The van der Waals surface area contributed by atoms with Crippen molar-refractivity contribution >= 4 is 28.6 Å². The Morgan fingerprint density at radius 1 is 1.08 bits per heavy atom. The summed E-state index contributed by atoms with van der Waals surface area (Å²) in [7, 11) is 0. The second-order valence-corrected chi connectivity index (χ2v) is 9.96. The summed E-state index contributed by atoms with van der Waals surface area (Å²) in [4.78, 5) is 24.6. The highest BCUT2D eigenvalue weighted by molar-refractivity contribution is 6.04. The number of hydrogen-bond donors (Lipinski definition) is 2. The van der Waals surface area contributed by atoms with E-state index in [1.165, 1.54) is 18.4 Å². The van der Waals surface area contributed by atoms with Gasteiger partial charge in [0, 0.05) is 24.3 Å². The van der Waals surface area contributed by atoms with Crippen LogP contribution in [0.4, 0.5) is 11.5 Å². The SMILES string of the molecule is CCn1cc2ncc(N[C@@H](C)c3cc(NC(=O)c4ccc(CN5CCCC5)c(C)c4)ccc3C)nc2n1. The number of fused-ring (bicyclic) bond motifs is 1. The maximum Gasteiger partial charge on any atom is 0.255 e. The van der Waals surface area contributed by atoms with Crippen LogP contribution in [0.1, 0.15) is 65.3 Å². The maximum atomic E-state index is 13.1. The lowest BCUT2D eigenvalue weighted by molar-refractivity contribution is 0.102. The zero-order valence-electron chi connectivity index (χ0n) is 22.1. The number of benzene rings is 2. The fraction of sp³-hybridized carbons (Fsp3) is 0.379. The fourth-order valence-corrected chi connectivity index (χ4v) is 4.96. The zero-order chi connectivity index (χ0) is 25.9. The van der Waals surface area contributed by atoms with Gasteiger partial charge in [-0.15, -0.1) is 0 Å². The molecule has 8 nitrogen and oxygen atoms in total. The summed E-state index contributed by atoms with van der Waals surface area (Å²) in [6, 6.07) is 12.0. The van der Waals surface area contributed by atoms with Gasteiger partial charge in [-0.2, -0.15) is 5.10 Å². The number of nitrogens with zero attached hydrogens (tertiary/aromatic N) is 5. The van der Waals surface area contributed by atoms with Gasteiger partial charge in [0.25, 0.3) is 5.91 Å². The number of carbonyl (C=O) groups excluding carboxylic acids is 1. The summed E-state index contributed by atoms with van der Waals surface area (Å²) >= 11 is 0. The molecule has 1 atom stereocenters. The zero-order valence-corrected chi connectivity index (χ0v) is 22.1. The lowest BCUT2D eigenvalue weighted by atomic mass is 10.0. The highest BCUT2D eigenvalue weighted by atomic mass is 16.1. The number of aromatic nitrogens is 4. The molecule has 0 unspecified atom stereocenters. The van der Waals surface area contributed by atoms with E-state index in [0.717, 1.165) is 54.1 Å². The van der Waals surface area contributed by atoms with Crippen molar-refractivity contribution in [2.45, 2.75) is 59.7 Å². The smallest absolute Gasteiger partial charge is 0.255 e. The van der Waals surface area contributed by atoms with E-state index in [1.807, 2.05) is 48.1 Å². The molecule has 192 valence electrons. The molecular formula is C29H35N7O. The van der Waals surface area contributed by atoms with Gasteiger partial charge in [-0.1, -0.05) is 12.1 Å². The Kier molecular flexibility index (Phi) is 7.19. The Bertz CT molecular complexity index is 1420. The number of amides is 1. The van der Waals surface area contributed by atoms with E-state index in [9.17, 15) is 4.79 Å². The van der Waals surface area contributed by atoms with Crippen LogP contribution < -0.4 is 10.6 Å². The van der Waals surface area contributed by atoms with E-state index in [1.54, 1.807) is 6.20 Å². The quantitative estimate of drug-likeness (QED) is 0.335. The van der Waals surface area contributed by atoms with Crippen molar-refractivity contribution in [3.63, 3.8) is 0 Å². The highest BCUT2D eigenvalue weighted by Gasteiger charge is 2.16. The topological polar surface area (TPSA) is 88.0 Å². The summed E-state index contributed by atoms with van der Waals surface area (Å²) in [5.41, 5.74) is 7.49. The first kappa shape index (κ1) is 24.9. The third kappa shape index (κ3) is 5.64. The van der Waals surface area contributed by atoms with Crippen LogP contribution in [0, 0.1) is 13.8 Å². The molecule has 0 aliphatic carbocycles. The van der Waals surface area contributed by atoms with Gasteiger partial charge in [0.05, 0.1) is 18.4 Å². The van der Waals surface area contributed by atoms with Crippen molar-refractivity contribution < 1.29 is 4.79 Å². The van der Waals surface area contributed by atoms with Crippen LogP contribution in [-0.4, -0.2) is 43.6 Å². The number of rotatable bonds is 8. The molecule has 1 aliphatic rings. The molecule has 2 N–H and O–H groups in total. The van der Waals surface area contributed by atoms with Crippen molar-refractivity contribution in [1.29, 1.82) is 0 Å². The van der Waals surface area contributed by atoms with Crippen molar-refractivity contribution in [2.24, 2.45) is 0 Å². The number of anilines is 2. The highest BCUT2D eigenvalue weighted by Crippen LogP contribution is 2.26. The first-order valence-corrected chi connectivity index (χ1v) is 13.1. The molecular weight excluding hydrogens is 462 g/mol. The molecule has 2 aromatic heterocycles. The normalized spacial score (nSPS) is 14.7. The molecule has 0 saturated carbocycles. The lowest BCUT2D eigenvalue weighted by Gasteiger charge is -2.19. The second-order valence-electron chi connectivity index (χ2n) is 9.96. The van der Waals surface area contributed by atoms with Crippen LogP contribution in [0.25, 0.3) is 11.2 Å². The van der Waals surface area contributed by atoms with Crippen molar-refractivity contribution in [3.05, 3.63) is 76.6 Å². The average molecular weight is 498 g/mol. The predicted octanol–water partition coefficient (Wildman–Crippen LogP) is 5.48. The van der Waals surface area contributed by atoms with Gasteiger partial charge in [0.15, 0.2) is 0 Å². The Morgan fingerprint density at radius 2 is 1.89 bits per heavy atom. The van der Waals surface area contributed by atoms with E-state index in [0.29, 0.717) is 17.0 Å². The Balaban J connectivity index is 1.27. The first-order valence-electron chi connectivity index (χ1n) is 13.1. The molecule has 2 aromatic carbocycles. The van der Waals surface area contributed by atoms with Crippen molar-refractivity contribution in [3.8, 4) is 0 Å². The molecule has 0 spiro atoms. The third-order valence-electron chi connectivity index (χ3n) is 7.17. The monoisotopic (exact) mass is 497 g/mol. The Morgan fingerprint density at radius 3 is 2.65 bits per heavy atom. The second kappa shape index (κ2) is 10.7. The third-order valence-corrected chi connectivity index (χ3v) is 7.17. The summed E-state index contributed by atoms with van der Waals surface area (Å²) in [6.07, 6.45) is 6.18. The summed E-state index contributed by atoms with van der Waals surface area (Å²) in [5, 5.41) is 11.0. The predicted molar refractivity (Wildman–Crippen MR) is 148 cm³/mol. The van der Waals surface area contributed by atoms with Crippen molar-refractivity contribution in [2.75, 3.05) is 23.7 Å². The van der Waals surface area contributed by atoms with Gasteiger partial charge in [0.2, 0.25) is 5.65 Å². The lowest BCUT2D eigenvalue weighted by Crippen LogP contribution is -2.19. The minimum absolute atomic E-state index is 0.0380. The number of hydrogen-bond acceptors (Lipinski definition) is 6. The van der Waals surface area contributed by atoms with E-state index < -0.39 is 0 Å². The fourth-order valence-electron chi connectivity index (χ4n) is 4.96. The van der Waals surface area contributed by atoms with Crippen LogP contribution in [0.5, 0.6) is 0 Å². The van der Waals surface area contributed by atoms with Crippen LogP contribution >= 0.6 is 0 Å². The molecule has 4 aromatic rings. The molecule has 1 amide bonds.